The first kappa shape index (κ1) is 17.2. The van der Waals surface area contributed by atoms with Gasteiger partial charge in [-0.05, 0) is 55.0 Å². The number of aryl methyl sites for hydroxylation is 1. The fourth-order valence-corrected chi connectivity index (χ4v) is 4.14. The molecule has 2 N–H and O–H groups in total. The first-order valence-electron chi connectivity index (χ1n) is 8.33. The fourth-order valence-electron chi connectivity index (χ4n) is 3.04. The summed E-state index contributed by atoms with van der Waals surface area (Å²) >= 11 is 1.50. The lowest BCUT2D eigenvalue weighted by Crippen LogP contribution is -2.41. The third-order valence-corrected chi connectivity index (χ3v) is 5.77. The number of carbonyl (C=O) groups excluding carboxylic acids is 2. The van der Waals surface area contributed by atoms with E-state index in [0.717, 1.165) is 19.3 Å². The molecule has 1 aromatic carbocycles. The lowest BCUT2D eigenvalue weighted by molar-refractivity contribution is 0.0849. The number of hydrazine groups is 1. The molecule has 2 amide bonds. The molecule has 1 heterocycles. The number of amides is 2. The minimum atomic E-state index is -0.446. The molecule has 1 aromatic heterocycles. The maximum Gasteiger partial charge on any atom is 0.279 e. The molecular weight excluding hydrogens is 334 g/mol. The Kier molecular flexibility index (Phi) is 5.15. The zero-order valence-electron chi connectivity index (χ0n) is 14.0. The number of nitriles is 1. The highest BCUT2D eigenvalue weighted by Crippen LogP contribution is 2.33. The highest BCUT2D eigenvalue weighted by Gasteiger charge is 2.22. The van der Waals surface area contributed by atoms with E-state index in [1.54, 1.807) is 18.2 Å². The van der Waals surface area contributed by atoms with Crippen LogP contribution in [0.2, 0.25) is 0 Å². The van der Waals surface area contributed by atoms with E-state index < -0.39 is 5.91 Å². The second kappa shape index (κ2) is 7.49. The topological polar surface area (TPSA) is 82.0 Å². The summed E-state index contributed by atoms with van der Waals surface area (Å²) in [4.78, 5) is 26.3. The molecular formula is C19H19N3O2S. The van der Waals surface area contributed by atoms with Crippen LogP contribution in [-0.4, -0.2) is 11.8 Å². The van der Waals surface area contributed by atoms with Crippen LogP contribution in [0.25, 0.3) is 0 Å². The Labute approximate surface area is 150 Å². The Morgan fingerprint density at radius 1 is 1.28 bits per heavy atom. The van der Waals surface area contributed by atoms with Gasteiger partial charge in [0.2, 0.25) is 0 Å². The van der Waals surface area contributed by atoms with E-state index in [1.807, 2.05) is 12.1 Å². The lowest BCUT2D eigenvalue weighted by atomic mass is 9.87. The zero-order valence-corrected chi connectivity index (χ0v) is 14.8. The molecule has 0 bridgehead atoms. The van der Waals surface area contributed by atoms with Gasteiger partial charge in [-0.25, -0.2) is 0 Å². The molecule has 1 aliphatic rings. The molecule has 0 saturated carbocycles. The van der Waals surface area contributed by atoms with E-state index in [0.29, 0.717) is 21.9 Å². The quantitative estimate of drug-likeness (QED) is 0.831. The molecule has 5 nitrogen and oxygen atoms in total. The van der Waals surface area contributed by atoms with Gasteiger partial charge in [0.05, 0.1) is 16.5 Å². The Bertz CT molecular complexity index is 851. The van der Waals surface area contributed by atoms with E-state index in [4.69, 9.17) is 5.26 Å². The van der Waals surface area contributed by atoms with E-state index in [9.17, 15) is 9.59 Å². The van der Waals surface area contributed by atoms with Crippen molar-refractivity contribution in [2.75, 3.05) is 0 Å². The number of hydrogen-bond donors (Lipinski definition) is 2. The van der Waals surface area contributed by atoms with Crippen LogP contribution in [0, 0.1) is 17.2 Å². The van der Waals surface area contributed by atoms with Gasteiger partial charge in [0.25, 0.3) is 11.8 Å². The number of rotatable bonds is 3. The number of nitrogens with zero attached hydrogens (tertiary/aromatic N) is 1. The van der Waals surface area contributed by atoms with Crippen LogP contribution in [0.1, 0.15) is 55.8 Å². The molecule has 2 aromatic rings. The molecule has 1 aliphatic carbocycles. The van der Waals surface area contributed by atoms with Crippen LogP contribution in [0.3, 0.4) is 0 Å². The summed E-state index contributed by atoms with van der Waals surface area (Å²) in [6.07, 6.45) is 4.40. The van der Waals surface area contributed by atoms with E-state index in [1.165, 1.54) is 34.3 Å². The maximum absolute atomic E-state index is 12.3. The van der Waals surface area contributed by atoms with Gasteiger partial charge in [-0.15, -0.1) is 11.3 Å². The minimum Gasteiger partial charge on any atom is -0.267 e. The predicted octanol–water partition coefficient (Wildman–Crippen LogP) is 3.21. The van der Waals surface area contributed by atoms with Gasteiger partial charge in [-0.1, -0.05) is 19.4 Å². The highest BCUT2D eigenvalue weighted by molar-refractivity contribution is 7.14. The van der Waals surface area contributed by atoms with Gasteiger partial charge in [0, 0.05) is 10.4 Å². The smallest absolute Gasteiger partial charge is 0.267 e. The molecule has 0 unspecified atom stereocenters. The van der Waals surface area contributed by atoms with Crippen molar-refractivity contribution in [1.29, 1.82) is 5.26 Å². The van der Waals surface area contributed by atoms with Crippen molar-refractivity contribution in [3.63, 3.8) is 0 Å². The molecule has 6 heteroatoms. The number of fused-ring (bicyclic) bond motifs is 1. The van der Waals surface area contributed by atoms with Gasteiger partial charge in [0.15, 0.2) is 0 Å². The van der Waals surface area contributed by atoms with Crippen molar-refractivity contribution in [3.05, 3.63) is 56.8 Å². The summed E-state index contributed by atoms with van der Waals surface area (Å²) in [5.74, 6) is -0.0554. The Morgan fingerprint density at radius 2 is 2.08 bits per heavy atom. The lowest BCUT2D eigenvalue weighted by Gasteiger charge is -2.19. The Morgan fingerprint density at radius 3 is 2.84 bits per heavy atom. The number of nitrogens with one attached hydrogen (secondary N) is 2. The standard InChI is InChI=1S/C19H19N3O2S/c1-2-12-6-7-16-15(8-12)10-17(25-16)19(24)22-21-18(23)14-5-3-4-13(9-14)11-20/h3-5,9-10,12H,2,6-8H2,1H3,(H,21,23)(H,22,24)/t12-/m1/s1. The average Bonchev–Trinajstić information content (AvgIpc) is 3.09. The molecule has 0 spiro atoms. The number of benzene rings is 1. The number of carbonyl (C=O) groups is 2. The Hall–Kier alpha value is -2.65. The summed E-state index contributed by atoms with van der Waals surface area (Å²) < 4.78 is 0. The van der Waals surface area contributed by atoms with Gasteiger partial charge in [-0.3, -0.25) is 20.4 Å². The molecule has 128 valence electrons. The van der Waals surface area contributed by atoms with Gasteiger partial charge in [-0.2, -0.15) is 5.26 Å². The summed E-state index contributed by atoms with van der Waals surface area (Å²) in [7, 11) is 0. The van der Waals surface area contributed by atoms with Crippen molar-refractivity contribution >= 4 is 23.2 Å². The average molecular weight is 353 g/mol. The summed E-state index contributed by atoms with van der Waals surface area (Å²) in [6.45, 7) is 2.20. The molecule has 0 aliphatic heterocycles. The van der Waals surface area contributed by atoms with Crippen LogP contribution in [-0.2, 0) is 12.8 Å². The van der Waals surface area contributed by atoms with Crippen LogP contribution < -0.4 is 10.9 Å². The zero-order chi connectivity index (χ0) is 17.8. The largest absolute Gasteiger partial charge is 0.279 e. The molecule has 1 atom stereocenters. The van der Waals surface area contributed by atoms with Crippen LogP contribution in [0.15, 0.2) is 30.3 Å². The number of hydrogen-bond acceptors (Lipinski definition) is 4. The molecule has 0 fully saturated rings. The molecule has 25 heavy (non-hydrogen) atoms. The first-order chi connectivity index (χ1) is 12.1. The van der Waals surface area contributed by atoms with Crippen LogP contribution >= 0.6 is 11.3 Å². The third-order valence-electron chi connectivity index (χ3n) is 4.53. The normalized spacial score (nSPS) is 15.8. The molecule has 3 rings (SSSR count). The number of thiophene rings is 1. The van der Waals surface area contributed by atoms with E-state index >= 15 is 0 Å². The highest BCUT2D eigenvalue weighted by atomic mass is 32.1. The summed E-state index contributed by atoms with van der Waals surface area (Å²) in [5.41, 5.74) is 6.86. The van der Waals surface area contributed by atoms with E-state index in [2.05, 4.69) is 17.8 Å². The van der Waals surface area contributed by atoms with Gasteiger partial charge in [0.1, 0.15) is 0 Å². The van der Waals surface area contributed by atoms with Crippen molar-refractivity contribution in [1.82, 2.24) is 10.9 Å². The van der Waals surface area contributed by atoms with Crippen molar-refractivity contribution in [2.45, 2.75) is 32.6 Å². The monoisotopic (exact) mass is 353 g/mol. The SMILES string of the molecule is CC[C@@H]1CCc2sc(C(=O)NNC(=O)c3cccc(C#N)c3)cc2C1. The van der Waals surface area contributed by atoms with Crippen LogP contribution in [0.4, 0.5) is 0 Å². The fraction of sp³-hybridized carbons (Fsp3) is 0.316. The van der Waals surface area contributed by atoms with Crippen molar-refractivity contribution in [2.24, 2.45) is 5.92 Å². The van der Waals surface area contributed by atoms with Crippen molar-refractivity contribution in [3.8, 4) is 6.07 Å². The van der Waals surface area contributed by atoms with Crippen molar-refractivity contribution < 1.29 is 9.59 Å². The predicted molar refractivity (Wildman–Crippen MR) is 96.2 cm³/mol. The second-order valence-corrected chi connectivity index (χ2v) is 7.31. The summed E-state index contributed by atoms with van der Waals surface area (Å²) in [6, 6.07) is 10.3. The molecule has 0 saturated heterocycles. The second-order valence-electron chi connectivity index (χ2n) is 6.18. The Balaban J connectivity index is 1.62. The third kappa shape index (κ3) is 3.89. The minimum absolute atomic E-state index is 0.308. The summed E-state index contributed by atoms with van der Waals surface area (Å²) in [5, 5.41) is 8.88. The van der Waals surface area contributed by atoms with Gasteiger partial charge >= 0.3 is 0 Å². The first-order valence-corrected chi connectivity index (χ1v) is 9.14. The van der Waals surface area contributed by atoms with Gasteiger partial charge < -0.3 is 0 Å². The maximum atomic E-state index is 12.3. The molecule has 0 radical (unpaired) electrons. The van der Waals surface area contributed by atoms with E-state index in [-0.39, 0.29) is 5.91 Å². The van der Waals surface area contributed by atoms with Crippen LogP contribution in [0.5, 0.6) is 0 Å².